The summed E-state index contributed by atoms with van der Waals surface area (Å²) in [5, 5.41) is 11.6. The molecule has 3 N–H and O–H groups in total. The molecule has 2 rings (SSSR count). The second-order valence-electron chi connectivity index (χ2n) is 4.67. The number of nitrogens with two attached hydrogens (primary N) is 1. The van der Waals surface area contributed by atoms with E-state index in [4.69, 9.17) is 10.9 Å². The highest BCUT2D eigenvalue weighted by atomic mass is 16.4. The van der Waals surface area contributed by atoms with E-state index in [2.05, 4.69) is 34.1 Å². The Morgan fingerprint density at radius 3 is 2.65 bits per heavy atom. The summed E-state index contributed by atoms with van der Waals surface area (Å²) in [6.45, 7) is 2.88. The molecule has 0 saturated heterocycles. The van der Waals surface area contributed by atoms with Crippen LogP contribution in [0.15, 0.2) is 47.8 Å². The van der Waals surface area contributed by atoms with E-state index < -0.39 is 0 Å². The molecule has 1 heterocycles. The van der Waals surface area contributed by atoms with Crippen LogP contribution in [0.4, 0.5) is 5.82 Å². The number of benzene rings is 1. The molecule has 0 saturated carbocycles. The molecule has 1 aromatic carbocycles. The van der Waals surface area contributed by atoms with Crippen molar-refractivity contribution in [3.63, 3.8) is 0 Å². The normalized spacial score (nSPS) is 11.4. The summed E-state index contributed by atoms with van der Waals surface area (Å²) < 4.78 is 0. The molecule has 0 aliphatic carbocycles. The Kier molecular flexibility index (Phi) is 4.20. The number of rotatable bonds is 4. The SMILES string of the molecule is Cc1ccccc1CN(C)c1ccc(C(N)=NO)cn1. The lowest BCUT2D eigenvalue weighted by molar-refractivity contribution is 0.318. The van der Waals surface area contributed by atoms with E-state index in [0.29, 0.717) is 5.56 Å². The zero-order chi connectivity index (χ0) is 14.5. The summed E-state index contributed by atoms with van der Waals surface area (Å²) in [6, 6.07) is 11.9. The van der Waals surface area contributed by atoms with E-state index in [0.717, 1.165) is 12.4 Å². The van der Waals surface area contributed by atoms with Gasteiger partial charge in [0.2, 0.25) is 0 Å². The number of anilines is 1. The second-order valence-corrected chi connectivity index (χ2v) is 4.67. The van der Waals surface area contributed by atoms with Gasteiger partial charge in [0.15, 0.2) is 5.84 Å². The van der Waals surface area contributed by atoms with Crippen molar-refractivity contribution in [1.29, 1.82) is 0 Å². The summed E-state index contributed by atoms with van der Waals surface area (Å²) in [7, 11) is 1.98. The molecule has 0 fully saturated rings. The van der Waals surface area contributed by atoms with Gasteiger partial charge < -0.3 is 15.8 Å². The molecule has 0 radical (unpaired) electrons. The number of aryl methyl sites for hydroxylation is 1. The Bertz CT molecular complexity index is 608. The van der Waals surface area contributed by atoms with E-state index in [9.17, 15) is 0 Å². The summed E-state index contributed by atoms with van der Waals surface area (Å²) in [5.74, 6) is 0.897. The molecular formula is C15H18N4O. The fraction of sp³-hybridized carbons (Fsp3) is 0.200. The lowest BCUT2D eigenvalue weighted by atomic mass is 10.1. The molecule has 2 aromatic rings. The first-order valence-electron chi connectivity index (χ1n) is 6.31. The van der Waals surface area contributed by atoms with Crippen molar-refractivity contribution in [2.75, 3.05) is 11.9 Å². The molecule has 0 atom stereocenters. The van der Waals surface area contributed by atoms with Gasteiger partial charge in [-0.2, -0.15) is 0 Å². The van der Waals surface area contributed by atoms with E-state index in [1.807, 2.05) is 25.2 Å². The Balaban J connectivity index is 2.14. The van der Waals surface area contributed by atoms with Gasteiger partial charge in [-0.25, -0.2) is 4.98 Å². The molecule has 5 nitrogen and oxygen atoms in total. The van der Waals surface area contributed by atoms with Crippen molar-refractivity contribution < 1.29 is 5.21 Å². The lowest BCUT2D eigenvalue weighted by Gasteiger charge is -2.19. The quantitative estimate of drug-likeness (QED) is 0.386. The molecule has 1 aromatic heterocycles. The van der Waals surface area contributed by atoms with Crippen molar-refractivity contribution in [2.45, 2.75) is 13.5 Å². The van der Waals surface area contributed by atoms with Crippen LogP contribution in [-0.2, 0) is 6.54 Å². The van der Waals surface area contributed by atoms with Gasteiger partial charge >= 0.3 is 0 Å². The fourth-order valence-electron chi connectivity index (χ4n) is 1.95. The predicted molar refractivity (Wildman–Crippen MR) is 80.0 cm³/mol. The summed E-state index contributed by atoms with van der Waals surface area (Å²) in [6.07, 6.45) is 1.60. The van der Waals surface area contributed by atoms with E-state index in [1.165, 1.54) is 11.1 Å². The third-order valence-electron chi connectivity index (χ3n) is 3.21. The maximum absolute atomic E-state index is 8.62. The monoisotopic (exact) mass is 270 g/mol. The van der Waals surface area contributed by atoms with Gasteiger partial charge in [-0.1, -0.05) is 29.4 Å². The topological polar surface area (TPSA) is 74.7 Å². The van der Waals surface area contributed by atoms with Gasteiger partial charge in [-0.05, 0) is 30.2 Å². The Labute approximate surface area is 118 Å². The smallest absolute Gasteiger partial charge is 0.171 e. The molecular weight excluding hydrogens is 252 g/mol. The van der Waals surface area contributed by atoms with Crippen LogP contribution in [0, 0.1) is 6.92 Å². The minimum atomic E-state index is 0.0607. The molecule has 0 unspecified atom stereocenters. The third kappa shape index (κ3) is 3.06. The van der Waals surface area contributed by atoms with E-state index in [-0.39, 0.29) is 5.84 Å². The van der Waals surface area contributed by atoms with Gasteiger partial charge in [-0.15, -0.1) is 0 Å². The molecule has 0 aliphatic heterocycles. The third-order valence-corrected chi connectivity index (χ3v) is 3.21. The van der Waals surface area contributed by atoms with E-state index >= 15 is 0 Å². The van der Waals surface area contributed by atoms with Crippen LogP contribution in [0.2, 0.25) is 0 Å². The second kappa shape index (κ2) is 6.06. The first-order chi connectivity index (χ1) is 9.61. The van der Waals surface area contributed by atoms with Gasteiger partial charge in [0.25, 0.3) is 0 Å². The largest absolute Gasteiger partial charge is 0.409 e. The lowest BCUT2D eigenvalue weighted by Crippen LogP contribution is -2.19. The van der Waals surface area contributed by atoms with Crippen molar-refractivity contribution in [3.8, 4) is 0 Å². The van der Waals surface area contributed by atoms with Crippen LogP contribution >= 0.6 is 0 Å². The highest BCUT2D eigenvalue weighted by Crippen LogP contribution is 2.15. The van der Waals surface area contributed by atoms with Gasteiger partial charge in [-0.3, -0.25) is 0 Å². The number of oxime groups is 1. The maximum Gasteiger partial charge on any atom is 0.171 e. The number of nitrogens with zero attached hydrogens (tertiary/aromatic N) is 3. The van der Waals surface area contributed by atoms with Crippen LogP contribution in [0.3, 0.4) is 0 Å². The molecule has 0 spiro atoms. The zero-order valence-corrected chi connectivity index (χ0v) is 11.6. The number of aromatic nitrogens is 1. The highest BCUT2D eigenvalue weighted by molar-refractivity contribution is 5.96. The molecule has 0 amide bonds. The Hall–Kier alpha value is -2.56. The average molecular weight is 270 g/mol. The first-order valence-corrected chi connectivity index (χ1v) is 6.31. The highest BCUT2D eigenvalue weighted by Gasteiger charge is 2.06. The molecule has 0 bridgehead atoms. The van der Waals surface area contributed by atoms with Crippen LogP contribution in [0.5, 0.6) is 0 Å². The Morgan fingerprint density at radius 2 is 2.05 bits per heavy atom. The predicted octanol–water partition coefficient (Wildman–Crippen LogP) is 2.12. The molecule has 104 valence electrons. The van der Waals surface area contributed by atoms with Crippen LogP contribution in [-0.4, -0.2) is 23.1 Å². The molecule has 0 aliphatic rings. The van der Waals surface area contributed by atoms with Crippen molar-refractivity contribution >= 4 is 11.7 Å². The van der Waals surface area contributed by atoms with Crippen molar-refractivity contribution in [3.05, 3.63) is 59.3 Å². The number of pyridine rings is 1. The Morgan fingerprint density at radius 1 is 1.30 bits per heavy atom. The average Bonchev–Trinajstić information content (AvgIpc) is 2.49. The molecule has 20 heavy (non-hydrogen) atoms. The fourth-order valence-corrected chi connectivity index (χ4v) is 1.95. The summed E-state index contributed by atoms with van der Waals surface area (Å²) in [4.78, 5) is 6.38. The van der Waals surface area contributed by atoms with E-state index in [1.54, 1.807) is 12.3 Å². The van der Waals surface area contributed by atoms with Gasteiger partial charge in [0.05, 0.1) is 0 Å². The van der Waals surface area contributed by atoms with Crippen LogP contribution in [0.1, 0.15) is 16.7 Å². The maximum atomic E-state index is 8.62. The summed E-state index contributed by atoms with van der Waals surface area (Å²) in [5.41, 5.74) is 8.63. The van der Waals surface area contributed by atoms with Gasteiger partial charge in [0, 0.05) is 25.4 Å². The standard InChI is InChI=1S/C15H18N4O/c1-11-5-3-4-6-13(11)10-19(2)14-8-7-12(9-17-14)15(16)18-20/h3-9,20H,10H2,1-2H3,(H2,16,18). The van der Waals surface area contributed by atoms with Crippen molar-refractivity contribution in [1.82, 2.24) is 4.98 Å². The van der Waals surface area contributed by atoms with Crippen LogP contribution in [0.25, 0.3) is 0 Å². The van der Waals surface area contributed by atoms with Gasteiger partial charge in [0.1, 0.15) is 5.82 Å². The van der Waals surface area contributed by atoms with Crippen LogP contribution < -0.4 is 10.6 Å². The minimum Gasteiger partial charge on any atom is -0.409 e. The summed E-state index contributed by atoms with van der Waals surface area (Å²) >= 11 is 0. The number of amidine groups is 1. The number of hydrogen-bond donors (Lipinski definition) is 2. The minimum absolute atomic E-state index is 0.0607. The van der Waals surface area contributed by atoms with Crippen molar-refractivity contribution in [2.24, 2.45) is 10.9 Å². The number of hydrogen-bond acceptors (Lipinski definition) is 4. The zero-order valence-electron chi connectivity index (χ0n) is 11.6. The molecule has 5 heteroatoms. The first kappa shape index (κ1) is 13.9.